The molecule has 1 aromatic rings. The fraction of sp³-hybridized carbons (Fsp3) is 0.645. The van der Waals surface area contributed by atoms with Crippen molar-refractivity contribution in [2.75, 3.05) is 20.0 Å². The minimum Gasteiger partial charge on any atom is -0.361 e. The topological polar surface area (TPSA) is 222 Å². The summed E-state index contributed by atoms with van der Waals surface area (Å²) < 4.78 is 25.8. The van der Waals surface area contributed by atoms with Gasteiger partial charge in [-0.3, -0.25) is 28.5 Å². The highest BCUT2D eigenvalue weighted by molar-refractivity contribution is 7.46. The van der Waals surface area contributed by atoms with Crippen LogP contribution in [0.25, 0.3) is 0 Å². The highest BCUT2D eigenvalue weighted by Gasteiger charge is 2.50. The van der Waals surface area contributed by atoms with Gasteiger partial charge in [0.2, 0.25) is 23.6 Å². The lowest BCUT2D eigenvalue weighted by molar-refractivity contribution is -0.137. The van der Waals surface area contributed by atoms with Crippen LogP contribution in [-0.2, 0) is 49.0 Å². The van der Waals surface area contributed by atoms with E-state index in [-0.39, 0.29) is 43.5 Å². The number of Topliss-reactive ketones (excluding diaryl/α,β-unsaturated/α-hetero) is 1. The lowest BCUT2D eigenvalue weighted by Gasteiger charge is -2.27. The normalized spacial score (nSPS) is 18.5. The van der Waals surface area contributed by atoms with Gasteiger partial charge in [-0.25, -0.2) is 4.57 Å². The van der Waals surface area contributed by atoms with Crippen LogP contribution in [0.3, 0.4) is 0 Å². The molecule has 0 bridgehead atoms. The van der Waals surface area contributed by atoms with E-state index >= 15 is 0 Å². The van der Waals surface area contributed by atoms with Crippen LogP contribution in [0.4, 0.5) is 0 Å². The average Bonchev–Trinajstić information content (AvgIpc) is 3.73. The number of ketones is 1. The molecule has 6 N–H and O–H groups in total. The third-order valence-corrected chi connectivity index (χ3v) is 7.70. The number of phosphoric ester groups is 1. The van der Waals surface area contributed by atoms with E-state index in [4.69, 9.17) is 19.3 Å². The SMILES string of the molecule is CC(=O)N[C@@H](CCc1ccccc1)C(=O)N[C@@H](CC(C)C)C(=O)NC(COCOP(=O)(O)O)C(=O)N[C@@H](CC(C)C)C(=O)[C@@]1(C)CO1. The quantitative estimate of drug-likeness (QED) is 0.0466. The maximum absolute atomic E-state index is 13.6. The Hall–Kier alpha value is -3.20. The Labute approximate surface area is 275 Å². The van der Waals surface area contributed by atoms with E-state index in [1.807, 2.05) is 58.0 Å². The van der Waals surface area contributed by atoms with Gasteiger partial charge in [-0.1, -0.05) is 58.0 Å². The minimum absolute atomic E-state index is 0.0108. The van der Waals surface area contributed by atoms with Crippen molar-refractivity contribution in [3.8, 4) is 0 Å². The Morgan fingerprint density at radius 3 is 1.89 bits per heavy atom. The summed E-state index contributed by atoms with van der Waals surface area (Å²) in [6.45, 7) is 9.05. The number of rotatable bonds is 21. The lowest BCUT2D eigenvalue weighted by atomic mass is 9.93. The van der Waals surface area contributed by atoms with Gasteiger partial charge in [-0.05, 0) is 50.0 Å². The minimum atomic E-state index is -4.88. The Morgan fingerprint density at radius 2 is 1.36 bits per heavy atom. The molecule has 47 heavy (non-hydrogen) atoms. The molecule has 1 saturated heterocycles. The molecular formula is C31H49N4O11P. The van der Waals surface area contributed by atoms with Crippen molar-refractivity contribution >= 4 is 37.2 Å². The van der Waals surface area contributed by atoms with Crippen LogP contribution >= 0.6 is 7.82 Å². The van der Waals surface area contributed by atoms with E-state index in [0.29, 0.717) is 6.42 Å². The zero-order chi connectivity index (χ0) is 35.4. The smallest absolute Gasteiger partial charge is 0.361 e. The van der Waals surface area contributed by atoms with Crippen molar-refractivity contribution in [2.45, 2.75) is 97.0 Å². The molecule has 16 heteroatoms. The summed E-state index contributed by atoms with van der Waals surface area (Å²) in [5.74, 6) is -2.97. The van der Waals surface area contributed by atoms with Gasteiger partial charge in [-0.2, -0.15) is 0 Å². The summed E-state index contributed by atoms with van der Waals surface area (Å²) in [6.07, 6.45) is 1.20. The van der Waals surface area contributed by atoms with Crippen LogP contribution < -0.4 is 21.3 Å². The highest BCUT2D eigenvalue weighted by Crippen LogP contribution is 2.35. The van der Waals surface area contributed by atoms with Crippen molar-refractivity contribution in [1.29, 1.82) is 0 Å². The van der Waals surface area contributed by atoms with Crippen molar-refractivity contribution in [3.05, 3.63) is 35.9 Å². The van der Waals surface area contributed by atoms with E-state index < -0.39 is 74.6 Å². The number of phosphoric acid groups is 1. The van der Waals surface area contributed by atoms with Crippen molar-refractivity contribution in [1.82, 2.24) is 21.3 Å². The predicted octanol–water partition coefficient (Wildman–Crippen LogP) is 1.11. The second kappa shape index (κ2) is 18.4. The summed E-state index contributed by atoms with van der Waals surface area (Å²) in [4.78, 5) is 83.5. The third-order valence-electron chi connectivity index (χ3n) is 7.26. The predicted molar refractivity (Wildman–Crippen MR) is 170 cm³/mol. The monoisotopic (exact) mass is 684 g/mol. The Balaban J connectivity index is 2.24. The summed E-state index contributed by atoms with van der Waals surface area (Å²) >= 11 is 0. The molecule has 1 fully saturated rings. The number of benzene rings is 1. The van der Waals surface area contributed by atoms with Gasteiger partial charge in [0.25, 0.3) is 0 Å². The first kappa shape index (κ1) is 40.0. The summed E-state index contributed by atoms with van der Waals surface area (Å²) in [5, 5.41) is 10.5. The molecule has 15 nitrogen and oxygen atoms in total. The number of carbonyl (C=O) groups is 5. The Kier molecular flexibility index (Phi) is 15.6. The first-order chi connectivity index (χ1) is 21.9. The number of hydrogen-bond acceptors (Lipinski definition) is 9. The van der Waals surface area contributed by atoms with Crippen molar-refractivity contribution < 1.29 is 52.3 Å². The molecular weight excluding hydrogens is 635 g/mol. The second-order valence-corrected chi connectivity index (χ2v) is 14.0. The Morgan fingerprint density at radius 1 is 0.851 bits per heavy atom. The van der Waals surface area contributed by atoms with E-state index in [2.05, 4.69) is 25.8 Å². The number of ether oxygens (including phenoxy) is 2. The molecule has 0 radical (unpaired) electrons. The van der Waals surface area contributed by atoms with Crippen molar-refractivity contribution in [2.24, 2.45) is 11.8 Å². The Bertz CT molecular complexity index is 1270. The number of hydrogen-bond donors (Lipinski definition) is 6. The molecule has 264 valence electrons. The molecule has 0 aromatic heterocycles. The van der Waals surface area contributed by atoms with E-state index in [1.165, 1.54) is 6.92 Å². The standard InChI is InChI=1S/C31H49N4O11P/c1-19(2)14-24(27(37)31(6)17-45-31)33-30(40)26(16-44-18-46-47(41,42)43)35-29(39)25(15-20(3)4)34-28(38)23(32-21(5)36)13-12-22-10-8-7-9-11-22/h7-11,19-20,23-26H,12-18H2,1-6H3,(H,32,36)(H,33,40)(H,34,38)(H,35,39)(H2,41,42,43)/t23-,24-,25-,26?,31+/m0/s1. The lowest BCUT2D eigenvalue weighted by Crippen LogP contribution is -2.59. The summed E-state index contributed by atoms with van der Waals surface area (Å²) in [6, 6.07) is 4.90. The van der Waals surface area contributed by atoms with Crippen LogP contribution in [0.15, 0.2) is 30.3 Å². The van der Waals surface area contributed by atoms with E-state index in [1.54, 1.807) is 6.92 Å². The van der Waals surface area contributed by atoms with Crippen LogP contribution in [0.2, 0.25) is 0 Å². The molecule has 0 saturated carbocycles. The van der Waals surface area contributed by atoms with Crippen LogP contribution in [0.5, 0.6) is 0 Å². The first-order valence-corrected chi connectivity index (χ1v) is 17.1. The fourth-order valence-electron chi connectivity index (χ4n) is 4.77. The zero-order valence-corrected chi connectivity index (χ0v) is 28.7. The van der Waals surface area contributed by atoms with Crippen molar-refractivity contribution in [3.63, 3.8) is 0 Å². The molecule has 1 heterocycles. The van der Waals surface area contributed by atoms with Crippen LogP contribution in [0, 0.1) is 11.8 Å². The molecule has 4 amide bonds. The number of amides is 4. The molecule has 0 aliphatic carbocycles. The van der Waals surface area contributed by atoms with Gasteiger partial charge < -0.3 is 40.5 Å². The third kappa shape index (κ3) is 15.1. The average molecular weight is 685 g/mol. The molecule has 0 spiro atoms. The zero-order valence-electron chi connectivity index (χ0n) is 27.8. The molecule has 1 unspecified atom stereocenters. The molecule has 5 atom stereocenters. The summed E-state index contributed by atoms with van der Waals surface area (Å²) in [5.41, 5.74) is -0.0723. The number of carbonyl (C=O) groups excluding carboxylic acids is 5. The molecule has 1 aliphatic heterocycles. The van der Waals surface area contributed by atoms with Gasteiger partial charge in [0, 0.05) is 6.92 Å². The van der Waals surface area contributed by atoms with Gasteiger partial charge in [0.15, 0.2) is 12.6 Å². The molecule has 2 rings (SSSR count). The molecule has 1 aromatic carbocycles. The summed E-state index contributed by atoms with van der Waals surface area (Å²) in [7, 11) is -4.88. The maximum atomic E-state index is 13.6. The maximum Gasteiger partial charge on any atom is 0.471 e. The highest BCUT2D eigenvalue weighted by atomic mass is 31.2. The first-order valence-electron chi connectivity index (χ1n) is 15.6. The van der Waals surface area contributed by atoms with Gasteiger partial charge in [0.05, 0.1) is 19.3 Å². The number of epoxide rings is 1. The number of nitrogens with one attached hydrogen (secondary N) is 4. The number of aryl methyl sites for hydroxylation is 1. The van der Waals surface area contributed by atoms with E-state index in [9.17, 15) is 28.5 Å². The van der Waals surface area contributed by atoms with Gasteiger partial charge in [0.1, 0.15) is 23.7 Å². The fourth-order valence-corrected chi connectivity index (χ4v) is 4.98. The molecule has 1 aliphatic rings. The second-order valence-electron chi connectivity index (χ2n) is 12.7. The van der Waals surface area contributed by atoms with Crippen LogP contribution in [0.1, 0.15) is 66.4 Å². The van der Waals surface area contributed by atoms with Gasteiger partial charge in [-0.15, -0.1) is 0 Å². The van der Waals surface area contributed by atoms with Gasteiger partial charge >= 0.3 is 7.82 Å². The van der Waals surface area contributed by atoms with E-state index in [0.717, 1.165) is 5.56 Å². The van der Waals surface area contributed by atoms with Crippen LogP contribution in [-0.4, -0.2) is 89.0 Å². The largest absolute Gasteiger partial charge is 0.471 e.